The Morgan fingerprint density at radius 1 is 0.920 bits per heavy atom. The maximum atomic E-state index is 12.2. The average molecular weight is 340 g/mol. The van der Waals surface area contributed by atoms with Gasteiger partial charge in [-0.1, -0.05) is 32.0 Å². The number of para-hydroxylation sites is 1. The van der Waals surface area contributed by atoms with Crippen molar-refractivity contribution in [3.05, 3.63) is 65.7 Å². The summed E-state index contributed by atoms with van der Waals surface area (Å²) < 4.78 is 0. The van der Waals surface area contributed by atoms with Crippen molar-refractivity contribution in [1.82, 2.24) is 5.32 Å². The number of benzene rings is 2. The van der Waals surface area contributed by atoms with E-state index < -0.39 is 0 Å². The van der Waals surface area contributed by atoms with Crippen molar-refractivity contribution >= 4 is 17.5 Å². The van der Waals surface area contributed by atoms with E-state index in [1.807, 2.05) is 44.2 Å². The first kappa shape index (κ1) is 18.7. The van der Waals surface area contributed by atoms with Crippen LogP contribution in [0.15, 0.2) is 54.6 Å². The molecule has 0 heterocycles. The maximum Gasteiger partial charge on any atom is 0.255 e. The van der Waals surface area contributed by atoms with Gasteiger partial charge in [0.05, 0.1) is 12.6 Å². The van der Waals surface area contributed by atoms with Crippen molar-refractivity contribution in [2.45, 2.75) is 26.3 Å². The van der Waals surface area contributed by atoms with Gasteiger partial charge in [-0.15, -0.1) is 0 Å². The molecule has 5 heteroatoms. The van der Waals surface area contributed by atoms with E-state index in [1.165, 1.54) is 0 Å². The number of anilines is 1. The molecule has 2 aromatic carbocycles. The summed E-state index contributed by atoms with van der Waals surface area (Å²) in [4.78, 5) is 24.4. The Morgan fingerprint density at radius 3 is 2.00 bits per heavy atom. The maximum absolute atomic E-state index is 12.2. The number of rotatable bonds is 7. The summed E-state index contributed by atoms with van der Waals surface area (Å²) in [6.07, 6.45) is 0.708. The van der Waals surface area contributed by atoms with E-state index in [0.29, 0.717) is 29.2 Å². The summed E-state index contributed by atoms with van der Waals surface area (Å²) in [5.74, 6) is -0.109. The fourth-order valence-corrected chi connectivity index (χ4v) is 2.51. The third kappa shape index (κ3) is 5.72. The average Bonchev–Trinajstić information content (AvgIpc) is 2.61. The Labute approximate surface area is 148 Å². The molecule has 0 saturated heterocycles. The Hall–Kier alpha value is -2.66. The van der Waals surface area contributed by atoms with Gasteiger partial charge < -0.3 is 15.7 Å². The molecule has 0 radical (unpaired) electrons. The van der Waals surface area contributed by atoms with Crippen LogP contribution in [0.25, 0.3) is 0 Å². The lowest BCUT2D eigenvalue weighted by atomic mass is 10.0. The molecule has 132 valence electrons. The Morgan fingerprint density at radius 2 is 1.48 bits per heavy atom. The summed E-state index contributed by atoms with van der Waals surface area (Å²) in [6.45, 7) is 3.98. The molecule has 2 rings (SSSR count). The molecule has 3 N–H and O–H groups in total. The lowest BCUT2D eigenvalue weighted by Crippen LogP contribution is -2.38. The number of hydrogen-bond acceptors (Lipinski definition) is 3. The second kappa shape index (κ2) is 8.99. The van der Waals surface area contributed by atoms with Crippen LogP contribution in [0.1, 0.15) is 41.0 Å². The highest BCUT2D eigenvalue weighted by molar-refractivity contribution is 6.05. The first-order valence-corrected chi connectivity index (χ1v) is 8.37. The third-order valence-electron chi connectivity index (χ3n) is 3.75. The molecule has 0 fully saturated rings. The van der Waals surface area contributed by atoms with Crippen LogP contribution in [0, 0.1) is 5.92 Å². The van der Waals surface area contributed by atoms with Crippen molar-refractivity contribution in [2.24, 2.45) is 5.92 Å². The third-order valence-corrected chi connectivity index (χ3v) is 3.75. The Kier molecular flexibility index (Phi) is 6.71. The number of amides is 2. The SMILES string of the molecule is CC(C)CC(CO)NC(=O)c1ccc(C(=O)Nc2ccccc2)cc1. The van der Waals surface area contributed by atoms with Crippen molar-refractivity contribution in [2.75, 3.05) is 11.9 Å². The first-order chi connectivity index (χ1) is 12.0. The van der Waals surface area contributed by atoms with Gasteiger partial charge in [0.1, 0.15) is 0 Å². The van der Waals surface area contributed by atoms with Gasteiger partial charge in [-0.05, 0) is 48.7 Å². The van der Waals surface area contributed by atoms with Crippen molar-refractivity contribution < 1.29 is 14.7 Å². The predicted octanol–water partition coefficient (Wildman–Crippen LogP) is 3.08. The van der Waals surface area contributed by atoms with E-state index in [2.05, 4.69) is 10.6 Å². The predicted molar refractivity (Wildman–Crippen MR) is 98.6 cm³/mol. The zero-order chi connectivity index (χ0) is 18.2. The fraction of sp³-hybridized carbons (Fsp3) is 0.300. The van der Waals surface area contributed by atoms with E-state index in [0.717, 1.165) is 0 Å². The van der Waals surface area contributed by atoms with E-state index in [9.17, 15) is 14.7 Å². The summed E-state index contributed by atoms with van der Waals surface area (Å²) in [7, 11) is 0. The van der Waals surface area contributed by atoms with Crippen LogP contribution in [0.2, 0.25) is 0 Å². The van der Waals surface area contributed by atoms with Gasteiger partial charge in [0.25, 0.3) is 11.8 Å². The molecule has 2 aromatic rings. The molecule has 0 bridgehead atoms. The van der Waals surface area contributed by atoms with Gasteiger partial charge in [-0.3, -0.25) is 9.59 Å². The van der Waals surface area contributed by atoms with E-state index >= 15 is 0 Å². The van der Waals surface area contributed by atoms with Gasteiger partial charge in [0.15, 0.2) is 0 Å². The molecule has 0 spiro atoms. The number of aliphatic hydroxyl groups excluding tert-OH is 1. The van der Waals surface area contributed by atoms with Crippen LogP contribution in [0.5, 0.6) is 0 Å². The second-order valence-electron chi connectivity index (χ2n) is 6.38. The minimum atomic E-state index is -0.270. The van der Waals surface area contributed by atoms with Gasteiger partial charge in [0.2, 0.25) is 0 Å². The van der Waals surface area contributed by atoms with E-state index in [4.69, 9.17) is 0 Å². The zero-order valence-corrected chi connectivity index (χ0v) is 14.5. The lowest BCUT2D eigenvalue weighted by Gasteiger charge is -2.18. The molecule has 0 aliphatic carbocycles. The molecule has 0 aliphatic rings. The summed E-state index contributed by atoms with van der Waals surface area (Å²) >= 11 is 0. The van der Waals surface area contributed by atoms with Crippen LogP contribution in [0.3, 0.4) is 0 Å². The molecule has 0 aromatic heterocycles. The number of hydrogen-bond donors (Lipinski definition) is 3. The second-order valence-corrected chi connectivity index (χ2v) is 6.38. The van der Waals surface area contributed by atoms with Crippen LogP contribution in [-0.2, 0) is 0 Å². The molecule has 1 atom stereocenters. The van der Waals surface area contributed by atoms with Crippen LogP contribution < -0.4 is 10.6 Å². The Bertz CT molecular complexity index is 697. The number of carbonyl (C=O) groups excluding carboxylic acids is 2. The highest BCUT2D eigenvalue weighted by Crippen LogP contribution is 2.11. The summed E-state index contributed by atoms with van der Waals surface area (Å²) in [5, 5.41) is 15.0. The van der Waals surface area contributed by atoms with Crippen LogP contribution in [0.4, 0.5) is 5.69 Å². The quantitative estimate of drug-likeness (QED) is 0.725. The monoisotopic (exact) mass is 340 g/mol. The fourth-order valence-electron chi connectivity index (χ4n) is 2.51. The zero-order valence-electron chi connectivity index (χ0n) is 14.5. The molecule has 1 unspecified atom stereocenters. The largest absolute Gasteiger partial charge is 0.394 e. The molecular formula is C20H24N2O3. The van der Waals surface area contributed by atoms with Crippen molar-refractivity contribution in [3.63, 3.8) is 0 Å². The molecule has 5 nitrogen and oxygen atoms in total. The molecule has 25 heavy (non-hydrogen) atoms. The molecule has 2 amide bonds. The molecule has 0 aliphatic heterocycles. The van der Waals surface area contributed by atoms with Gasteiger partial charge in [0, 0.05) is 16.8 Å². The van der Waals surface area contributed by atoms with Crippen molar-refractivity contribution in [3.8, 4) is 0 Å². The number of carbonyl (C=O) groups is 2. The molecule has 0 saturated carbocycles. The highest BCUT2D eigenvalue weighted by Gasteiger charge is 2.15. The topological polar surface area (TPSA) is 78.4 Å². The normalized spacial score (nSPS) is 11.8. The van der Waals surface area contributed by atoms with Gasteiger partial charge >= 0.3 is 0 Å². The van der Waals surface area contributed by atoms with Gasteiger partial charge in [-0.2, -0.15) is 0 Å². The van der Waals surface area contributed by atoms with Crippen LogP contribution in [-0.4, -0.2) is 29.6 Å². The van der Waals surface area contributed by atoms with Crippen LogP contribution >= 0.6 is 0 Å². The Balaban J connectivity index is 1.98. The minimum Gasteiger partial charge on any atom is -0.394 e. The standard InChI is InChI=1S/C20H24N2O3/c1-14(2)12-18(13-23)22-20(25)16-10-8-15(9-11-16)19(24)21-17-6-4-3-5-7-17/h3-11,14,18,23H,12-13H2,1-2H3,(H,21,24)(H,22,25). The number of nitrogens with one attached hydrogen (secondary N) is 2. The lowest BCUT2D eigenvalue weighted by molar-refractivity contribution is 0.0907. The van der Waals surface area contributed by atoms with Gasteiger partial charge in [-0.25, -0.2) is 0 Å². The smallest absolute Gasteiger partial charge is 0.255 e. The van der Waals surface area contributed by atoms with E-state index in [1.54, 1.807) is 24.3 Å². The first-order valence-electron chi connectivity index (χ1n) is 8.37. The summed E-state index contributed by atoms with van der Waals surface area (Å²) in [5.41, 5.74) is 1.65. The summed E-state index contributed by atoms with van der Waals surface area (Å²) in [6, 6.07) is 15.4. The highest BCUT2D eigenvalue weighted by atomic mass is 16.3. The van der Waals surface area contributed by atoms with E-state index in [-0.39, 0.29) is 24.5 Å². The number of aliphatic hydroxyl groups is 1. The minimum absolute atomic E-state index is 0.0957. The molecular weight excluding hydrogens is 316 g/mol. The van der Waals surface area contributed by atoms with Crippen molar-refractivity contribution in [1.29, 1.82) is 0 Å².